The van der Waals surface area contributed by atoms with Crippen LogP contribution in [0.1, 0.15) is 5.56 Å². The second kappa shape index (κ2) is 4.77. The van der Waals surface area contributed by atoms with Gasteiger partial charge < -0.3 is 0 Å². The number of hydrogen-bond acceptors (Lipinski definition) is 1. The molecule has 0 saturated carbocycles. The van der Waals surface area contributed by atoms with E-state index in [2.05, 4.69) is 15.9 Å². The van der Waals surface area contributed by atoms with Crippen LogP contribution in [0.15, 0.2) is 29.2 Å². The van der Waals surface area contributed by atoms with Crippen LogP contribution in [0.25, 0.3) is 0 Å². The van der Waals surface area contributed by atoms with Crippen molar-refractivity contribution in [2.45, 2.75) is 11.8 Å². The highest BCUT2D eigenvalue weighted by molar-refractivity contribution is 9.09. The number of halogens is 1. The quantitative estimate of drug-likeness (QED) is 0.750. The summed E-state index contributed by atoms with van der Waals surface area (Å²) in [5.41, 5.74) is 1.20. The lowest BCUT2D eigenvalue weighted by atomic mass is 10.2. The zero-order chi connectivity index (χ0) is 8.97. The first-order valence-electron chi connectivity index (χ1n) is 3.75. The summed E-state index contributed by atoms with van der Waals surface area (Å²) in [5, 5.41) is 0.785. The molecule has 0 radical (unpaired) electrons. The Labute approximate surface area is 83.8 Å². The van der Waals surface area contributed by atoms with Gasteiger partial charge in [0.15, 0.2) is 0 Å². The van der Waals surface area contributed by atoms with Gasteiger partial charge in [0.25, 0.3) is 0 Å². The maximum Gasteiger partial charge on any atom is 0.0537 e. The molecule has 12 heavy (non-hydrogen) atoms. The molecule has 0 saturated heterocycles. The molecule has 66 valence electrons. The molecule has 1 nitrogen and oxygen atoms in total. The molecule has 0 aliphatic carbocycles. The van der Waals surface area contributed by atoms with Gasteiger partial charge in [0.2, 0.25) is 0 Å². The fourth-order valence-corrected chi connectivity index (χ4v) is 2.58. The molecule has 0 amide bonds. The minimum absolute atomic E-state index is 0.684. The molecule has 3 heteroatoms. The van der Waals surface area contributed by atoms with Crippen LogP contribution in [0.3, 0.4) is 0 Å². The first-order chi connectivity index (χ1) is 5.74. The second-order valence-corrected chi connectivity index (χ2v) is 4.92. The van der Waals surface area contributed by atoms with E-state index < -0.39 is 10.8 Å². The van der Waals surface area contributed by atoms with Gasteiger partial charge >= 0.3 is 0 Å². The Hall–Kier alpha value is -0.150. The van der Waals surface area contributed by atoms with E-state index in [0.29, 0.717) is 5.75 Å². The van der Waals surface area contributed by atoms with Gasteiger partial charge in [-0.2, -0.15) is 0 Å². The predicted octanol–water partition coefficient (Wildman–Crippen LogP) is 2.50. The van der Waals surface area contributed by atoms with E-state index in [0.717, 1.165) is 10.2 Å². The van der Waals surface area contributed by atoms with Crippen LogP contribution in [0.5, 0.6) is 0 Å². The highest BCUT2D eigenvalue weighted by atomic mass is 79.9. The predicted molar refractivity (Wildman–Crippen MR) is 56.2 cm³/mol. The average Bonchev–Trinajstić information content (AvgIpc) is 2.06. The van der Waals surface area contributed by atoms with Crippen LogP contribution >= 0.6 is 15.9 Å². The van der Waals surface area contributed by atoms with Gasteiger partial charge in [-0.05, 0) is 19.1 Å². The van der Waals surface area contributed by atoms with Crippen molar-refractivity contribution in [3.63, 3.8) is 0 Å². The van der Waals surface area contributed by atoms with Gasteiger partial charge in [-0.25, -0.2) is 0 Å². The molecule has 1 atom stereocenters. The van der Waals surface area contributed by atoms with Gasteiger partial charge in [0, 0.05) is 16.0 Å². The Bertz CT molecular complexity index is 268. The summed E-state index contributed by atoms with van der Waals surface area (Å²) in [4.78, 5) is 0.917. The van der Waals surface area contributed by atoms with Crippen molar-refractivity contribution in [2.24, 2.45) is 0 Å². The summed E-state index contributed by atoms with van der Waals surface area (Å²) < 4.78 is 11.4. The Morgan fingerprint density at radius 1 is 1.33 bits per heavy atom. The van der Waals surface area contributed by atoms with E-state index in [-0.39, 0.29) is 0 Å². The zero-order valence-corrected chi connectivity index (χ0v) is 9.32. The molecule has 1 aromatic carbocycles. The van der Waals surface area contributed by atoms with Crippen molar-refractivity contribution in [2.75, 3.05) is 11.1 Å². The molecule has 0 heterocycles. The van der Waals surface area contributed by atoms with E-state index in [4.69, 9.17) is 0 Å². The zero-order valence-electron chi connectivity index (χ0n) is 6.92. The smallest absolute Gasteiger partial charge is 0.0537 e. The third-order valence-corrected chi connectivity index (χ3v) is 3.84. The van der Waals surface area contributed by atoms with Crippen molar-refractivity contribution in [3.05, 3.63) is 29.8 Å². The minimum atomic E-state index is -0.839. The molecule has 0 N–H and O–H groups in total. The highest BCUT2D eigenvalue weighted by Gasteiger charge is 2.00. The third kappa shape index (κ3) is 2.72. The molecule has 0 bridgehead atoms. The maximum absolute atomic E-state index is 11.4. The summed E-state index contributed by atoms with van der Waals surface area (Å²) in [6, 6.07) is 7.82. The first-order valence-corrected chi connectivity index (χ1v) is 6.19. The van der Waals surface area contributed by atoms with Crippen molar-refractivity contribution >= 4 is 26.7 Å². The topological polar surface area (TPSA) is 17.1 Å². The number of rotatable bonds is 3. The van der Waals surface area contributed by atoms with E-state index in [9.17, 15) is 4.21 Å². The van der Waals surface area contributed by atoms with Crippen LogP contribution < -0.4 is 0 Å². The van der Waals surface area contributed by atoms with Crippen molar-refractivity contribution in [3.8, 4) is 0 Å². The summed E-state index contributed by atoms with van der Waals surface area (Å²) in [6.45, 7) is 2.02. The number of hydrogen-bond donors (Lipinski definition) is 0. The lowest BCUT2D eigenvalue weighted by Gasteiger charge is -1.99. The number of benzene rings is 1. The van der Waals surface area contributed by atoms with Crippen LogP contribution in [0, 0.1) is 6.92 Å². The number of aryl methyl sites for hydroxylation is 1. The molecule has 0 aromatic heterocycles. The van der Waals surface area contributed by atoms with Crippen LogP contribution in [0.2, 0.25) is 0 Å². The molecule has 1 rings (SSSR count). The van der Waals surface area contributed by atoms with Crippen LogP contribution in [0.4, 0.5) is 0 Å². The average molecular weight is 247 g/mol. The SMILES string of the molecule is Cc1ccc(S(=O)CCBr)cc1. The second-order valence-electron chi connectivity index (χ2n) is 2.55. The molecular formula is C9H11BrOS. The summed E-state index contributed by atoms with van der Waals surface area (Å²) in [6.07, 6.45) is 0. The fraction of sp³-hybridized carbons (Fsp3) is 0.333. The molecule has 0 spiro atoms. The molecule has 1 aromatic rings. The molecule has 0 aliphatic heterocycles. The largest absolute Gasteiger partial charge is 0.254 e. The Balaban J connectivity index is 2.75. The Morgan fingerprint density at radius 2 is 1.92 bits per heavy atom. The molecule has 0 fully saturated rings. The highest BCUT2D eigenvalue weighted by Crippen LogP contribution is 2.08. The van der Waals surface area contributed by atoms with Gasteiger partial charge in [-0.3, -0.25) is 4.21 Å². The van der Waals surface area contributed by atoms with Gasteiger partial charge in [0.1, 0.15) is 0 Å². The number of alkyl halides is 1. The summed E-state index contributed by atoms with van der Waals surface area (Å²) in [7, 11) is -0.839. The normalized spacial score (nSPS) is 12.8. The maximum atomic E-state index is 11.4. The van der Waals surface area contributed by atoms with E-state index in [1.807, 2.05) is 31.2 Å². The van der Waals surface area contributed by atoms with Gasteiger partial charge in [-0.15, -0.1) is 0 Å². The molecule has 0 aliphatic rings. The van der Waals surface area contributed by atoms with Gasteiger partial charge in [-0.1, -0.05) is 33.6 Å². The molecule has 1 unspecified atom stereocenters. The summed E-state index contributed by atoms with van der Waals surface area (Å²) in [5.74, 6) is 0.684. The van der Waals surface area contributed by atoms with Gasteiger partial charge in [0.05, 0.1) is 10.8 Å². The van der Waals surface area contributed by atoms with Crippen molar-refractivity contribution in [1.82, 2.24) is 0 Å². The van der Waals surface area contributed by atoms with Crippen molar-refractivity contribution in [1.29, 1.82) is 0 Å². The summed E-state index contributed by atoms with van der Waals surface area (Å²) >= 11 is 3.27. The monoisotopic (exact) mass is 246 g/mol. The van der Waals surface area contributed by atoms with E-state index in [1.165, 1.54) is 5.56 Å². The Kier molecular flexibility index (Phi) is 3.95. The van der Waals surface area contributed by atoms with E-state index >= 15 is 0 Å². The first kappa shape index (κ1) is 9.93. The standard InChI is InChI=1S/C9H11BrOS/c1-8-2-4-9(5-3-8)12(11)7-6-10/h2-5H,6-7H2,1H3. The van der Waals surface area contributed by atoms with E-state index in [1.54, 1.807) is 0 Å². The molecular weight excluding hydrogens is 236 g/mol. The fourth-order valence-electron chi connectivity index (χ4n) is 0.878. The van der Waals surface area contributed by atoms with Crippen LogP contribution in [-0.2, 0) is 10.8 Å². The van der Waals surface area contributed by atoms with Crippen molar-refractivity contribution < 1.29 is 4.21 Å². The lowest BCUT2D eigenvalue weighted by Crippen LogP contribution is -1.98. The Morgan fingerprint density at radius 3 is 2.42 bits per heavy atom. The van der Waals surface area contributed by atoms with Crippen LogP contribution in [-0.4, -0.2) is 15.3 Å². The lowest BCUT2D eigenvalue weighted by molar-refractivity contribution is 0.684. The third-order valence-electron chi connectivity index (χ3n) is 1.55. The minimum Gasteiger partial charge on any atom is -0.254 e.